The molecule has 1 heteroatoms. The molecule has 0 radical (unpaired) electrons. The first-order chi connectivity index (χ1) is 22.7. The van der Waals surface area contributed by atoms with Gasteiger partial charge in [-0.15, -0.1) is 0 Å². The number of phenolic OH excluding ortho intramolecular Hbond substituents is 1. The van der Waals surface area contributed by atoms with Crippen LogP contribution < -0.4 is 0 Å². The van der Waals surface area contributed by atoms with E-state index in [2.05, 4.69) is 151 Å². The highest BCUT2D eigenvalue weighted by molar-refractivity contribution is 6.22. The van der Waals surface area contributed by atoms with Crippen molar-refractivity contribution in [3.63, 3.8) is 0 Å². The van der Waals surface area contributed by atoms with Crippen LogP contribution in [0.1, 0.15) is 17.5 Å². The standard InChI is InChI=1S/C45H28O/c46-42-20-10-13-34-28-41(35-14-2-1-3-15-36(35)44(34)42)45-39-18-8-6-16-37(39)43(38-17-7-9-19-40(38)45)31-24-21-30(22-25-31)33-26-23-29-11-4-5-12-32(29)27-33/h2,4-14,16-28,46H,1H2. The van der Waals surface area contributed by atoms with Gasteiger partial charge in [-0.1, -0.05) is 145 Å². The van der Waals surface area contributed by atoms with Gasteiger partial charge < -0.3 is 5.11 Å². The Balaban J connectivity index is 1.30. The van der Waals surface area contributed by atoms with Gasteiger partial charge in [0.1, 0.15) is 5.75 Å². The Morgan fingerprint density at radius 2 is 1.11 bits per heavy atom. The second-order valence-corrected chi connectivity index (χ2v) is 12.0. The van der Waals surface area contributed by atoms with Crippen molar-refractivity contribution in [1.82, 2.24) is 0 Å². The zero-order chi connectivity index (χ0) is 30.6. The summed E-state index contributed by atoms with van der Waals surface area (Å²) in [6, 6.07) is 49.7. The summed E-state index contributed by atoms with van der Waals surface area (Å²) < 4.78 is 0. The first-order valence-corrected chi connectivity index (χ1v) is 15.7. The monoisotopic (exact) mass is 584 g/mol. The lowest BCUT2D eigenvalue weighted by Gasteiger charge is -2.20. The second kappa shape index (κ2) is 10.5. The molecule has 0 saturated heterocycles. The number of aromatic hydroxyl groups is 1. The van der Waals surface area contributed by atoms with E-state index in [1.54, 1.807) is 6.07 Å². The smallest absolute Gasteiger partial charge is 0.124 e. The summed E-state index contributed by atoms with van der Waals surface area (Å²) in [7, 11) is 0. The van der Waals surface area contributed by atoms with Gasteiger partial charge in [-0.25, -0.2) is 0 Å². The van der Waals surface area contributed by atoms with Crippen LogP contribution in [0.3, 0.4) is 0 Å². The Bertz CT molecular complexity index is 2550. The highest BCUT2D eigenvalue weighted by atomic mass is 16.3. The van der Waals surface area contributed by atoms with Crippen LogP contribution in [0.2, 0.25) is 0 Å². The average Bonchev–Trinajstić information content (AvgIpc) is 3.37. The van der Waals surface area contributed by atoms with Crippen LogP contribution in [0.4, 0.5) is 0 Å². The minimum Gasteiger partial charge on any atom is -0.507 e. The molecule has 0 aromatic heterocycles. The first-order valence-electron chi connectivity index (χ1n) is 15.7. The SMILES string of the molecule is Oc1cccc2cc(-c3c4ccccc4c(-c4ccc(-c5ccc6ccccc6c5)cc4)c4ccccc34)c3c(c12)C#CCC=C3. The average molecular weight is 585 g/mol. The second-order valence-electron chi connectivity index (χ2n) is 12.0. The summed E-state index contributed by atoms with van der Waals surface area (Å²) in [5.41, 5.74) is 9.12. The Labute approximate surface area is 267 Å². The lowest BCUT2D eigenvalue weighted by atomic mass is 9.82. The third-order valence-electron chi connectivity index (χ3n) is 9.36. The van der Waals surface area contributed by atoms with Crippen molar-refractivity contribution in [3.05, 3.63) is 157 Å². The molecule has 0 atom stereocenters. The van der Waals surface area contributed by atoms with Crippen molar-refractivity contribution in [2.45, 2.75) is 6.42 Å². The fraction of sp³-hybridized carbons (Fsp3) is 0.0222. The Hall–Kier alpha value is -6.10. The van der Waals surface area contributed by atoms with Gasteiger partial charge in [0.25, 0.3) is 0 Å². The molecule has 0 unspecified atom stereocenters. The van der Waals surface area contributed by atoms with Crippen molar-refractivity contribution in [1.29, 1.82) is 0 Å². The topological polar surface area (TPSA) is 20.2 Å². The lowest BCUT2D eigenvalue weighted by Crippen LogP contribution is -1.95. The highest BCUT2D eigenvalue weighted by Crippen LogP contribution is 2.47. The third kappa shape index (κ3) is 4.12. The zero-order valence-electron chi connectivity index (χ0n) is 25.1. The van der Waals surface area contributed by atoms with E-state index in [0.29, 0.717) is 6.42 Å². The maximum Gasteiger partial charge on any atom is 0.124 e. The Morgan fingerprint density at radius 1 is 0.500 bits per heavy atom. The molecule has 0 aliphatic heterocycles. The van der Waals surface area contributed by atoms with Gasteiger partial charge in [0.05, 0.1) is 0 Å². The van der Waals surface area contributed by atoms with Crippen LogP contribution in [0.25, 0.3) is 82.5 Å². The molecule has 214 valence electrons. The first kappa shape index (κ1) is 26.3. The minimum absolute atomic E-state index is 0.266. The van der Waals surface area contributed by atoms with Crippen molar-refractivity contribution >= 4 is 49.2 Å². The van der Waals surface area contributed by atoms with Crippen molar-refractivity contribution in [2.24, 2.45) is 0 Å². The molecule has 0 saturated carbocycles. The number of allylic oxidation sites excluding steroid dienone is 1. The van der Waals surface area contributed by atoms with Crippen LogP contribution in [0.5, 0.6) is 5.75 Å². The Kier molecular flexibility index (Phi) is 6.01. The highest BCUT2D eigenvalue weighted by Gasteiger charge is 2.21. The van der Waals surface area contributed by atoms with Crippen LogP contribution in [-0.4, -0.2) is 5.11 Å². The Morgan fingerprint density at radius 3 is 1.85 bits per heavy atom. The number of fused-ring (bicyclic) bond motifs is 6. The fourth-order valence-electron chi connectivity index (χ4n) is 7.27. The van der Waals surface area contributed by atoms with E-state index in [0.717, 1.165) is 27.5 Å². The molecule has 46 heavy (non-hydrogen) atoms. The molecule has 8 aromatic rings. The molecular weight excluding hydrogens is 556 g/mol. The van der Waals surface area contributed by atoms with Crippen LogP contribution in [0.15, 0.2) is 146 Å². The predicted octanol–water partition coefficient (Wildman–Crippen LogP) is 11.8. The summed E-state index contributed by atoms with van der Waals surface area (Å²) >= 11 is 0. The van der Waals surface area contributed by atoms with E-state index in [1.807, 2.05) is 6.07 Å². The number of benzene rings is 8. The lowest BCUT2D eigenvalue weighted by molar-refractivity contribution is 0.481. The predicted molar refractivity (Wildman–Crippen MR) is 195 cm³/mol. The van der Waals surface area contributed by atoms with Crippen molar-refractivity contribution in [2.75, 3.05) is 0 Å². The van der Waals surface area contributed by atoms with Gasteiger partial charge in [-0.3, -0.25) is 0 Å². The molecule has 0 amide bonds. The molecule has 0 bridgehead atoms. The minimum atomic E-state index is 0.266. The van der Waals surface area contributed by atoms with Crippen molar-refractivity contribution in [3.8, 4) is 51.0 Å². The molecule has 1 N–H and O–H groups in total. The van der Waals surface area contributed by atoms with Gasteiger partial charge in [-0.05, 0) is 94.8 Å². The summed E-state index contributed by atoms with van der Waals surface area (Å²) in [5.74, 6) is 6.96. The molecule has 1 aliphatic rings. The van der Waals surface area contributed by atoms with Gasteiger partial charge in [-0.2, -0.15) is 0 Å². The summed E-state index contributed by atoms with van der Waals surface area (Å²) in [4.78, 5) is 0. The number of hydrogen-bond donors (Lipinski definition) is 1. The number of phenols is 1. The van der Waals surface area contributed by atoms with Gasteiger partial charge in [0.15, 0.2) is 0 Å². The largest absolute Gasteiger partial charge is 0.507 e. The molecule has 0 spiro atoms. The van der Waals surface area contributed by atoms with E-state index in [-0.39, 0.29) is 5.75 Å². The quantitative estimate of drug-likeness (QED) is 0.162. The molecule has 1 nitrogen and oxygen atoms in total. The summed E-state index contributed by atoms with van der Waals surface area (Å²) in [5, 5.41) is 20.1. The van der Waals surface area contributed by atoms with Gasteiger partial charge in [0, 0.05) is 17.4 Å². The summed E-state index contributed by atoms with van der Waals surface area (Å²) in [6.07, 6.45) is 4.98. The summed E-state index contributed by atoms with van der Waals surface area (Å²) in [6.45, 7) is 0. The van der Waals surface area contributed by atoms with E-state index in [1.165, 1.54) is 60.1 Å². The van der Waals surface area contributed by atoms with Gasteiger partial charge >= 0.3 is 0 Å². The molecule has 1 aliphatic carbocycles. The van der Waals surface area contributed by atoms with E-state index in [4.69, 9.17) is 0 Å². The van der Waals surface area contributed by atoms with Crippen LogP contribution >= 0.6 is 0 Å². The molecule has 0 heterocycles. The molecule has 9 rings (SSSR count). The van der Waals surface area contributed by atoms with Crippen molar-refractivity contribution < 1.29 is 5.11 Å². The van der Waals surface area contributed by atoms with Crippen LogP contribution in [-0.2, 0) is 0 Å². The number of hydrogen-bond acceptors (Lipinski definition) is 1. The van der Waals surface area contributed by atoms with E-state index in [9.17, 15) is 5.11 Å². The molecular formula is C45H28O. The molecule has 8 aromatic carbocycles. The third-order valence-corrected chi connectivity index (χ3v) is 9.36. The fourth-order valence-corrected chi connectivity index (χ4v) is 7.27. The van der Waals surface area contributed by atoms with E-state index < -0.39 is 0 Å². The van der Waals surface area contributed by atoms with Crippen LogP contribution in [0, 0.1) is 11.8 Å². The number of rotatable bonds is 3. The maximum absolute atomic E-state index is 10.9. The van der Waals surface area contributed by atoms with E-state index >= 15 is 0 Å². The normalized spacial score (nSPS) is 12.3. The van der Waals surface area contributed by atoms with Gasteiger partial charge in [0.2, 0.25) is 0 Å². The zero-order valence-corrected chi connectivity index (χ0v) is 25.1. The maximum atomic E-state index is 10.9. The molecule has 0 fully saturated rings.